The Hall–Kier alpha value is -0.740. The number of hydrogen-bond acceptors (Lipinski definition) is 4. The fraction of sp³-hybridized carbons (Fsp3) is 0.667. The van der Waals surface area contributed by atoms with Gasteiger partial charge in [0.1, 0.15) is 5.01 Å². The highest BCUT2D eigenvalue weighted by molar-refractivity contribution is 7.11. The van der Waals surface area contributed by atoms with E-state index in [0.29, 0.717) is 13.0 Å². The lowest BCUT2D eigenvalue weighted by Crippen LogP contribution is -2.26. The van der Waals surface area contributed by atoms with Crippen LogP contribution in [0.15, 0.2) is 0 Å². The molecule has 1 N–H and O–H groups in total. The lowest BCUT2D eigenvalue weighted by atomic mass is 10.3. The predicted molar refractivity (Wildman–Crippen MR) is 65.9 cm³/mol. The highest BCUT2D eigenvalue weighted by atomic mass is 32.1. The van der Waals surface area contributed by atoms with Crippen molar-refractivity contribution in [3.63, 3.8) is 0 Å². The average Bonchev–Trinajstić information content (AvgIpc) is 2.96. The summed E-state index contributed by atoms with van der Waals surface area (Å²) < 4.78 is 0. The number of Topliss-reactive ketones (excluding diaryl/α,β-unsaturated/α-hetero) is 1. The van der Waals surface area contributed by atoms with Crippen LogP contribution < -0.4 is 5.32 Å². The first-order valence-electron chi connectivity index (χ1n) is 5.80. The summed E-state index contributed by atoms with van der Waals surface area (Å²) in [5.74, 6) is 1.08. The predicted octanol–water partition coefficient (Wildman–Crippen LogP) is 1.87. The van der Waals surface area contributed by atoms with Crippen molar-refractivity contribution in [2.24, 2.45) is 5.92 Å². The molecule has 1 aromatic rings. The van der Waals surface area contributed by atoms with Crippen LogP contribution in [0.25, 0.3) is 0 Å². The smallest absolute Gasteiger partial charge is 0.153 e. The van der Waals surface area contributed by atoms with E-state index in [-0.39, 0.29) is 5.78 Å². The van der Waals surface area contributed by atoms with E-state index in [1.807, 2.05) is 13.8 Å². The minimum absolute atomic E-state index is 0.245. The number of ketones is 1. The zero-order chi connectivity index (χ0) is 11.5. The first-order chi connectivity index (χ1) is 7.65. The van der Waals surface area contributed by atoms with E-state index < -0.39 is 0 Å². The molecule has 88 valence electrons. The average molecular weight is 238 g/mol. The monoisotopic (exact) mass is 238 g/mol. The van der Waals surface area contributed by atoms with Gasteiger partial charge in [0.05, 0.1) is 18.7 Å². The number of aromatic nitrogens is 1. The molecule has 2 rings (SSSR count). The third kappa shape index (κ3) is 3.39. The third-order valence-electron chi connectivity index (χ3n) is 2.87. The molecule has 0 aromatic carbocycles. The van der Waals surface area contributed by atoms with Gasteiger partial charge in [-0.3, -0.25) is 4.79 Å². The molecule has 1 heterocycles. The molecule has 0 amide bonds. The maximum atomic E-state index is 11.6. The number of carbonyl (C=O) groups is 1. The number of nitrogens with zero attached hydrogens (tertiary/aromatic N) is 1. The van der Waals surface area contributed by atoms with E-state index in [9.17, 15) is 4.79 Å². The highest BCUT2D eigenvalue weighted by Crippen LogP contribution is 2.27. The molecule has 0 aliphatic heterocycles. The van der Waals surface area contributed by atoms with Crippen LogP contribution in [0.5, 0.6) is 0 Å². The molecule has 16 heavy (non-hydrogen) atoms. The maximum Gasteiger partial charge on any atom is 0.153 e. The van der Waals surface area contributed by atoms with Gasteiger partial charge in [-0.25, -0.2) is 4.98 Å². The van der Waals surface area contributed by atoms with Crippen molar-refractivity contribution in [1.82, 2.24) is 10.3 Å². The van der Waals surface area contributed by atoms with Crippen molar-refractivity contribution >= 4 is 17.1 Å². The standard InChI is InChI=1S/C12H18N2OS/c1-8-9(2)16-12(14-8)5-11(15)7-13-6-10-3-4-10/h10,13H,3-7H2,1-2H3. The van der Waals surface area contributed by atoms with E-state index in [2.05, 4.69) is 10.3 Å². The molecule has 0 saturated heterocycles. The number of thiazole rings is 1. The van der Waals surface area contributed by atoms with Crippen LogP contribution in [0.4, 0.5) is 0 Å². The van der Waals surface area contributed by atoms with Crippen LogP contribution in [0.3, 0.4) is 0 Å². The van der Waals surface area contributed by atoms with Crippen LogP contribution in [0.2, 0.25) is 0 Å². The van der Waals surface area contributed by atoms with Crippen molar-refractivity contribution < 1.29 is 4.79 Å². The van der Waals surface area contributed by atoms with Gasteiger partial charge in [0, 0.05) is 4.88 Å². The van der Waals surface area contributed by atoms with Gasteiger partial charge in [-0.2, -0.15) is 0 Å². The fourth-order valence-corrected chi connectivity index (χ4v) is 2.55. The van der Waals surface area contributed by atoms with E-state index >= 15 is 0 Å². The first kappa shape index (κ1) is 11.7. The van der Waals surface area contributed by atoms with Crippen LogP contribution in [-0.2, 0) is 11.2 Å². The molecule has 0 bridgehead atoms. The molecule has 0 unspecified atom stereocenters. The summed E-state index contributed by atoms with van der Waals surface area (Å²) in [4.78, 5) is 17.2. The summed E-state index contributed by atoms with van der Waals surface area (Å²) in [6.07, 6.45) is 3.13. The van der Waals surface area contributed by atoms with Crippen molar-refractivity contribution in [3.05, 3.63) is 15.6 Å². The molecule has 3 nitrogen and oxygen atoms in total. The highest BCUT2D eigenvalue weighted by Gasteiger charge is 2.20. The lowest BCUT2D eigenvalue weighted by molar-refractivity contribution is -0.117. The second-order valence-corrected chi connectivity index (χ2v) is 5.83. The Bertz CT molecular complexity index is 363. The quantitative estimate of drug-likeness (QED) is 0.822. The number of hydrogen-bond donors (Lipinski definition) is 1. The molecule has 1 aromatic heterocycles. The number of rotatable bonds is 6. The largest absolute Gasteiger partial charge is 0.310 e. The minimum atomic E-state index is 0.245. The van der Waals surface area contributed by atoms with Crippen molar-refractivity contribution in [2.75, 3.05) is 13.1 Å². The van der Waals surface area contributed by atoms with Gasteiger partial charge >= 0.3 is 0 Å². The Kier molecular flexibility index (Phi) is 3.71. The summed E-state index contributed by atoms with van der Waals surface area (Å²) in [6.45, 7) is 5.54. The third-order valence-corrected chi connectivity index (χ3v) is 3.95. The van der Waals surface area contributed by atoms with Crippen LogP contribution in [-0.4, -0.2) is 23.9 Å². The molecule has 1 saturated carbocycles. The fourth-order valence-electron chi connectivity index (χ4n) is 1.58. The summed E-state index contributed by atoms with van der Waals surface area (Å²) in [5, 5.41) is 4.17. The summed E-state index contributed by atoms with van der Waals surface area (Å²) in [5.41, 5.74) is 1.05. The van der Waals surface area contributed by atoms with Gasteiger partial charge < -0.3 is 5.32 Å². The number of carbonyl (C=O) groups excluding carboxylic acids is 1. The Balaban J connectivity index is 1.72. The molecule has 1 fully saturated rings. The molecule has 0 atom stereocenters. The second-order valence-electron chi connectivity index (χ2n) is 4.54. The van der Waals surface area contributed by atoms with Crippen LogP contribution >= 0.6 is 11.3 Å². The Morgan fingerprint density at radius 3 is 2.81 bits per heavy atom. The summed E-state index contributed by atoms with van der Waals surface area (Å²) in [7, 11) is 0. The second kappa shape index (κ2) is 5.06. The van der Waals surface area contributed by atoms with Gasteiger partial charge in [0.2, 0.25) is 0 Å². The van der Waals surface area contributed by atoms with Gasteiger partial charge in [0.15, 0.2) is 5.78 Å². The van der Waals surface area contributed by atoms with E-state index in [1.165, 1.54) is 17.7 Å². The van der Waals surface area contributed by atoms with E-state index in [1.54, 1.807) is 11.3 Å². The van der Waals surface area contributed by atoms with Crippen molar-refractivity contribution in [3.8, 4) is 0 Å². The zero-order valence-corrected chi connectivity index (χ0v) is 10.7. The van der Waals surface area contributed by atoms with Crippen LogP contribution in [0, 0.1) is 19.8 Å². The van der Waals surface area contributed by atoms with E-state index in [0.717, 1.165) is 23.2 Å². The van der Waals surface area contributed by atoms with Gasteiger partial charge in [-0.05, 0) is 39.2 Å². The van der Waals surface area contributed by atoms with Crippen LogP contribution in [0.1, 0.15) is 28.4 Å². The first-order valence-corrected chi connectivity index (χ1v) is 6.62. The molecular weight excluding hydrogens is 220 g/mol. The minimum Gasteiger partial charge on any atom is -0.310 e. The van der Waals surface area contributed by atoms with Gasteiger partial charge in [-0.1, -0.05) is 0 Å². The zero-order valence-electron chi connectivity index (χ0n) is 9.88. The molecule has 4 heteroatoms. The maximum absolute atomic E-state index is 11.6. The van der Waals surface area contributed by atoms with Crippen molar-refractivity contribution in [1.29, 1.82) is 0 Å². The van der Waals surface area contributed by atoms with Crippen molar-refractivity contribution in [2.45, 2.75) is 33.1 Å². The number of aryl methyl sites for hydroxylation is 2. The lowest BCUT2D eigenvalue weighted by Gasteiger charge is -2.00. The molecule has 1 aliphatic carbocycles. The Morgan fingerprint density at radius 1 is 1.50 bits per heavy atom. The van der Waals surface area contributed by atoms with Gasteiger partial charge in [-0.15, -0.1) is 11.3 Å². The summed E-state index contributed by atoms with van der Waals surface area (Å²) in [6, 6.07) is 0. The summed E-state index contributed by atoms with van der Waals surface area (Å²) >= 11 is 1.64. The Labute approximate surface area is 100 Å². The molecular formula is C12H18N2OS. The number of nitrogens with one attached hydrogen (secondary N) is 1. The van der Waals surface area contributed by atoms with Gasteiger partial charge in [0.25, 0.3) is 0 Å². The van der Waals surface area contributed by atoms with E-state index in [4.69, 9.17) is 0 Å². The topological polar surface area (TPSA) is 42.0 Å². The SMILES string of the molecule is Cc1nc(CC(=O)CNCC2CC2)sc1C. The molecule has 0 radical (unpaired) electrons. The Morgan fingerprint density at radius 2 is 2.25 bits per heavy atom. The molecule has 0 spiro atoms. The normalized spacial score (nSPS) is 15.4. The molecule has 1 aliphatic rings.